The molecule has 2 aromatic rings. The molecule has 1 amide bonds. The SMILES string of the molecule is CCc1cc(NC(=O)c2ccc(Cl)cc2N)n[nH]1. The second kappa shape index (κ2) is 5.10. The maximum absolute atomic E-state index is 12.0. The quantitative estimate of drug-likeness (QED) is 0.745. The molecule has 0 fully saturated rings. The lowest BCUT2D eigenvalue weighted by Crippen LogP contribution is -2.14. The highest BCUT2D eigenvalue weighted by atomic mass is 35.5. The van der Waals surface area contributed by atoms with Crippen molar-refractivity contribution in [2.24, 2.45) is 0 Å². The number of benzene rings is 1. The van der Waals surface area contributed by atoms with E-state index in [0.29, 0.717) is 22.1 Å². The smallest absolute Gasteiger partial charge is 0.258 e. The largest absolute Gasteiger partial charge is 0.398 e. The van der Waals surface area contributed by atoms with Crippen LogP contribution in [-0.2, 0) is 6.42 Å². The molecular formula is C12H13ClN4O. The second-order valence-corrected chi connectivity index (χ2v) is 4.25. The third-order valence-corrected chi connectivity index (χ3v) is 2.75. The van der Waals surface area contributed by atoms with Crippen molar-refractivity contribution in [2.75, 3.05) is 11.1 Å². The molecule has 6 heteroatoms. The highest BCUT2D eigenvalue weighted by Gasteiger charge is 2.11. The molecule has 0 unspecified atom stereocenters. The van der Waals surface area contributed by atoms with E-state index in [0.717, 1.165) is 12.1 Å². The Morgan fingerprint density at radius 3 is 2.89 bits per heavy atom. The number of rotatable bonds is 3. The first kappa shape index (κ1) is 12.4. The molecule has 94 valence electrons. The van der Waals surface area contributed by atoms with Crippen molar-refractivity contribution in [1.82, 2.24) is 10.2 Å². The lowest BCUT2D eigenvalue weighted by molar-refractivity contribution is 0.102. The first-order valence-electron chi connectivity index (χ1n) is 5.51. The van der Waals surface area contributed by atoms with E-state index in [4.69, 9.17) is 17.3 Å². The van der Waals surface area contributed by atoms with Crippen LogP contribution < -0.4 is 11.1 Å². The van der Waals surface area contributed by atoms with Crippen LogP contribution in [0.5, 0.6) is 0 Å². The van der Waals surface area contributed by atoms with Gasteiger partial charge >= 0.3 is 0 Å². The number of H-pyrrole nitrogens is 1. The zero-order valence-electron chi connectivity index (χ0n) is 9.83. The van der Waals surface area contributed by atoms with Gasteiger partial charge in [-0.15, -0.1) is 0 Å². The molecule has 0 bridgehead atoms. The van der Waals surface area contributed by atoms with Gasteiger partial charge < -0.3 is 11.1 Å². The summed E-state index contributed by atoms with van der Waals surface area (Å²) in [7, 11) is 0. The van der Waals surface area contributed by atoms with Gasteiger partial charge in [0, 0.05) is 22.5 Å². The predicted octanol–water partition coefficient (Wildman–Crippen LogP) is 2.46. The van der Waals surface area contributed by atoms with Crippen LogP contribution in [0.4, 0.5) is 11.5 Å². The molecule has 0 radical (unpaired) electrons. The molecular weight excluding hydrogens is 252 g/mol. The Bertz CT molecular complexity index is 579. The van der Waals surface area contributed by atoms with Gasteiger partial charge in [-0.25, -0.2) is 0 Å². The maximum atomic E-state index is 12.0. The molecule has 18 heavy (non-hydrogen) atoms. The van der Waals surface area contributed by atoms with E-state index in [-0.39, 0.29) is 5.91 Å². The Morgan fingerprint density at radius 1 is 1.50 bits per heavy atom. The number of aryl methyl sites for hydroxylation is 1. The number of nitrogens with two attached hydrogens (primary N) is 1. The topological polar surface area (TPSA) is 83.8 Å². The highest BCUT2D eigenvalue weighted by Crippen LogP contribution is 2.19. The molecule has 0 aliphatic heterocycles. The van der Waals surface area contributed by atoms with Crippen molar-refractivity contribution in [3.05, 3.63) is 40.5 Å². The Morgan fingerprint density at radius 2 is 2.28 bits per heavy atom. The predicted molar refractivity (Wildman–Crippen MR) is 71.8 cm³/mol. The average molecular weight is 265 g/mol. The van der Waals surface area contributed by atoms with Crippen LogP contribution in [0.15, 0.2) is 24.3 Å². The summed E-state index contributed by atoms with van der Waals surface area (Å²) in [5, 5.41) is 9.96. The second-order valence-electron chi connectivity index (χ2n) is 3.82. The van der Waals surface area contributed by atoms with Crippen molar-refractivity contribution < 1.29 is 4.79 Å². The van der Waals surface area contributed by atoms with Gasteiger partial charge in [-0.3, -0.25) is 9.89 Å². The third-order valence-electron chi connectivity index (χ3n) is 2.51. The standard InChI is InChI=1S/C12H13ClN4O/c1-2-8-6-11(17-16-8)15-12(18)9-4-3-7(13)5-10(9)14/h3-6H,2,14H2,1H3,(H2,15,16,17,18). The van der Waals surface area contributed by atoms with Crippen LogP contribution in [0.1, 0.15) is 23.0 Å². The number of amides is 1. The van der Waals surface area contributed by atoms with Crippen molar-refractivity contribution in [3.8, 4) is 0 Å². The fourth-order valence-electron chi connectivity index (χ4n) is 1.53. The fraction of sp³-hybridized carbons (Fsp3) is 0.167. The van der Waals surface area contributed by atoms with Crippen LogP contribution in [0.25, 0.3) is 0 Å². The maximum Gasteiger partial charge on any atom is 0.258 e. The number of halogens is 1. The van der Waals surface area contributed by atoms with Crippen LogP contribution in [0.3, 0.4) is 0 Å². The summed E-state index contributed by atoms with van der Waals surface area (Å²) in [5.74, 6) is 0.171. The lowest BCUT2D eigenvalue weighted by Gasteiger charge is -2.05. The number of anilines is 2. The Labute approximate surface area is 109 Å². The zero-order valence-corrected chi connectivity index (χ0v) is 10.6. The minimum Gasteiger partial charge on any atom is -0.398 e. The van der Waals surface area contributed by atoms with Crippen LogP contribution in [-0.4, -0.2) is 16.1 Å². The van der Waals surface area contributed by atoms with Crippen LogP contribution in [0, 0.1) is 0 Å². The zero-order chi connectivity index (χ0) is 13.1. The van der Waals surface area contributed by atoms with Gasteiger partial charge in [0.2, 0.25) is 0 Å². The summed E-state index contributed by atoms with van der Waals surface area (Å²) in [5.41, 5.74) is 7.40. The van der Waals surface area contributed by atoms with Crippen LogP contribution in [0.2, 0.25) is 5.02 Å². The minimum absolute atomic E-state index is 0.307. The lowest BCUT2D eigenvalue weighted by atomic mass is 10.1. The number of hydrogen-bond donors (Lipinski definition) is 3. The molecule has 1 aromatic heterocycles. The number of carbonyl (C=O) groups is 1. The van der Waals surface area contributed by atoms with Gasteiger partial charge in [-0.1, -0.05) is 18.5 Å². The van der Waals surface area contributed by atoms with E-state index in [1.807, 2.05) is 6.92 Å². The van der Waals surface area contributed by atoms with Gasteiger partial charge in [0.1, 0.15) is 0 Å². The first-order chi connectivity index (χ1) is 8.60. The van der Waals surface area contributed by atoms with E-state index in [1.165, 1.54) is 0 Å². The number of aromatic nitrogens is 2. The summed E-state index contributed by atoms with van der Waals surface area (Å²) in [6.07, 6.45) is 0.825. The van der Waals surface area contributed by atoms with E-state index in [2.05, 4.69) is 15.5 Å². The van der Waals surface area contributed by atoms with Gasteiger partial charge in [0.05, 0.1) is 5.56 Å². The molecule has 0 saturated carbocycles. The number of nitrogens with zero attached hydrogens (tertiary/aromatic N) is 1. The normalized spacial score (nSPS) is 10.3. The van der Waals surface area contributed by atoms with Crippen molar-refractivity contribution in [2.45, 2.75) is 13.3 Å². The summed E-state index contributed by atoms with van der Waals surface area (Å²) in [6, 6.07) is 6.53. The van der Waals surface area contributed by atoms with Crippen LogP contribution >= 0.6 is 11.6 Å². The Hall–Kier alpha value is -2.01. The molecule has 1 aromatic carbocycles. The first-order valence-corrected chi connectivity index (χ1v) is 5.88. The monoisotopic (exact) mass is 264 g/mol. The summed E-state index contributed by atoms with van der Waals surface area (Å²) >= 11 is 5.77. The fourth-order valence-corrected chi connectivity index (χ4v) is 1.71. The molecule has 0 saturated heterocycles. The van der Waals surface area contributed by atoms with E-state index in [9.17, 15) is 4.79 Å². The number of nitrogens with one attached hydrogen (secondary N) is 2. The summed E-state index contributed by atoms with van der Waals surface area (Å²) in [4.78, 5) is 12.0. The molecule has 0 aliphatic rings. The van der Waals surface area contributed by atoms with E-state index in [1.54, 1.807) is 24.3 Å². The average Bonchev–Trinajstić information content (AvgIpc) is 2.76. The number of hydrogen-bond acceptors (Lipinski definition) is 3. The minimum atomic E-state index is -0.307. The molecule has 4 N–H and O–H groups in total. The van der Waals surface area contributed by atoms with Crippen molar-refractivity contribution in [3.63, 3.8) is 0 Å². The van der Waals surface area contributed by atoms with Crippen molar-refractivity contribution in [1.29, 1.82) is 0 Å². The van der Waals surface area contributed by atoms with E-state index < -0.39 is 0 Å². The van der Waals surface area contributed by atoms with Crippen molar-refractivity contribution >= 4 is 29.0 Å². The number of carbonyl (C=O) groups excluding carboxylic acids is 1. The Kier molecular flexibility index (Phi) is 3.53. The third kappa shape index (κ3) is 2.62. The molecule has 0 aliphatic carbocycles. The van der Waals surface area contributed by atoms with E-state index >= 15 is 0 Å². The molecule has 0 spiro atoms. The summed E-state index contributed by atoms with van der Waals surface area (Å²) in [6.45, 7) is 2.00. The van der Waals surface area contributed by atoms with Gasteiger partial charge in [-0.05, 0) is 24.6 Å². The molecule has 2 rings (SSSR count). The number of aromatic amines is 1. The van der Waals surface area contributed by atoms with Gasteiger partial charge in [0.25, 0.3) is 5.91 Å². The number of nitrogen functional groups attached to an aromatic ring is 1. The molecule has 5 nitrogen and oxygen atoms in total. The van der Waals surface area contributed by atoms with Gasteiger partial charge in [-0.2, -0.15) is 5.10 Å². The summed E-state index contributed by atoms with van der Waals surface area (Å²) < 4.78 is 0. The Balaban J connectivity index is 2.16. The van der Waals surface area contributed by atoms with Gasteiger partial charge in [0.15, 0.2) is 5.82 Å². The highest BCUT2D eigenvalue weighted by molar-refractivity contribution is 6.31. The molecule has 1 heterocycles. The molecule has 0 atom stereocenters.